The second-order valence-corrected chi connectivity index (χ2v) is 4.34. The predicted molar refractivity (Wildman–Crippen MR) is 66.0 cm³/mol. The van der Waals surface area contributed by atoms with Gasteiger partial charge in [-0.15, -0.1) is 0 Å². The largest absolute Gasteiger partial charge is 0.409 e. The zero-order chi connectivity index (χ0) is 13.8. The Bertz CT molecular complexity index is 363. The molecule has 0 atom stereocenters. The quantitative estimate of drug-likeness (QED) is 0.257. The van der Waals surface area contributed by atoms with Crippen LogP contribution in [-0.2, 0) is 9.59 Å². The van der Waals surface area contributed by atoms with Gasteiger partial charge >= 0.3 is 0 Å². The lowest BCUT2D eigenvalue weighted by atomic mass is 10.0. The maximum absolute atomic E-state index is 12.3. The van der Waals surface area contributed by atoms with Gasteiger partial charge in [0.05, 0.1) is 6.54 Å². The van der Waals surface area contributed by atoms with Crippen LogP contribution < -0.4 is 11.1 Å². The molecule has 0 heterocycles. The van der Waals surface area contributed by atoms with E-state index in [-0.39, 0.29) is 24.2 Å². The first-order valence-electron chi connectivity index (χ1n) is 6.06. The molecule has 102 valence electrons. The number of amides is 2. The van der Waals surface area contributed by atoms with E-state index in [2.05, 4.69) is 10.5 Å². The topological polar surface area (TPSA) is 108 Å². The van der Waals surface area contributed by atoms with Gasteiger partial charge in [0.2, 0.25) is 11.8 Å². The van der Waals surface area contributed by atoms with Crippen LogP contribution in [0.5, 0.6) is 0 Å². The molecule has 0 unspecified atom stereocenters. The van der Waals surface area contributed by atoms with E-state index in [0.717, 1.165) is 0 Å². The molecule has 0 aromatic heterocycles. The Labute approximate surface area is 106 Å². The van der Waals surface area contributed by atoms with Crippen molar-refractivity contribution in [3.8, 4) is 0 Å². The summed E-state index contributed by atoms with van der Waals surface area (Å²) in [5.41, 5.74) is 4.66. The molecule has 0 bridgehead atoms. The predicted octanol–water partition coefficient (Wildman–Crippen LogP) is -0.502. The summed E-state index contributed by atoms with van der Waals surface area (Å²) in [5.74, 6) is -0.517. The molecular weight excluding hydrogens is 236 g/mol. The van der Waals surface area contributed by atoms with Crippen molar-refractivity contribution >= 4 is 17.6 Å². The zero-order valence-corrected chi connectivity index (χ0v) is 10.8. The number of nitrogens with zero attached hydrogens (tertiary/aromatic N) is 2. The number of carbonyl (C=O) groups is 2. The van der Waals surface area contributed by atoms with Crippen molar-refractivity contribution in [2.24, 2.45) is 16.3 Å². The van der Waals surface area contributed by atoms with Gasteiger partial charge in [-0.1, -0.05) is 5.16 Å². The summed E-state index contributed by atoms with van der Waals surface area (Å²) in [5, 5.41) is 14.3. The summed E-state index contributed by atoms with van der Waals surface area (Å²) in [6, 6.07) is 0. The van der Waals surface area contributed by atoms with Crippen LogP contribution >= 0.6 is 0 Å². The smallest absolute Gasteiger partial charge is 0.239 e. The minimum atomic E-state index is -0.892. The van der Waals surface area contributed by atoms with Crippen molar-refractivity contribution in [3.05, 3.63) is 0 Å². The van der Waals surface area contributed by atoms with Gasteiger partial charge in [-0.2, -0.15) is 0 Å². The van der Waals surface area contributed by atoms with Gasteiger partial charge in [0, 0.05) is 13.1 Å². The molecular formula is C11H20N4O3. The molecule has 2 amide bonds. The molecule has 18 heavy (non-hydrogen) atoms. The lowest BCUT2D eigenvalue weighted by molar-refractivity contribution is -0.138. The fourth-order valence-corrected chi connectivity index (χ4v) is 1.86. The van der Waals surface area contributed by atoms with Gasteiger partial charge in [0.15, 0.2) is 5.84 Å². The zero-order valence-electron chi connectivity index (χ0n) is 10.8. The number of hydrogen-bond donors (Lipinski definition) is 3. The van der Waals surface area contributed by atoms with Gasteiger partial charge in [0.25, 0.3) is 0 Å². The molecule has 1 fully saturated rings. The molecule has 7 heteroatoms. The highest BCUT2D eigenvalue weighted by Crippen LogP contribution is 2.47. The molecule has 7 nitrogen and oxygen atoms in total. The van der Waals surface area contributed by atoms with Crippen LogP contribution in [-0.4, -0.2) is 47.4 Å². The molecule has 0 saturated heterocycles. The third kappa shape index (κ3) is 2.72. The second-order valence-electron chi connectivity index (χ2n) is 4.34. The van der Waals surface area contributed by atoms with E-state index >= 15 is 0 Å². The first kappa shape index (κ1) is 14.3. The molecule has 0 aromatic rings. The van der Waals surface area contributed by atoms with Crippen molar-refractivity contribution in [2.75, 3.05) is 19.6 Å². The third-order valence-corrected chi connectivity index (χ3v) is 3.13. The van der Waals surface area contributed by atoms with Crippen molar-refractivity contribution in [3.63, 3.8) is 0 Å². The van der Waals surface area contributed by atoms with Crippen molar-refractivity contribution in [2.45, 2.75) is 26.7 Å². The maximum atomic E-state index is 12.3. The SMILES string of the molecule is CCNC(=O)CN(CC)C(=O)C1(C(N)=NO)CC1. The Morgan fingerprint density at radius 3 is 2.44 bits per heavy atom. The first-order valence-corrected chi connectivity index (χ1v) is 6.06. The average Bonchev–Trinajstić information content (AvgIpc) is 3.16. The minimum Gasteiger partial charge on any atom is -0.409 e. The van der Waals surface area contributed by atoms with Gasteiger partial charge in [0.1, 0.15) is 5.41 Å². The van der Waals surface area contributed by atoms with Crippen LogP contribution in [0, 0.1) is 5.41 Å². The number of nitrogens with one attached hydrogen (secondary N) is 1. The molecule has 1 rings (SSSR count). The Balaban J connectivity index is 2.72. The summed E-state index contributed by atoms with van der Waals surface area (Å²) in [4.78, 5) is 25.2. The third-order valence-electron chi connectivity index (χ3n) is 3.13. The van der Waals surface area contributed by atoms with Crippen LogP contribution in [0.4, 0.5) is 0 Å². The van der Waals surface area contributed by atoms with E-state index in [4.69, 9.17) is 10.9 Å². The monoisotopic (exact) mass is 256 g/mol. The van der Waals surface area contributed by atoms with E-state index in [1.165, 1.54) is 4.90 Å². The fourth-order valence-electron chi connectivity index (χ4n) is 1.86. The molecule has 0 spiro atoms. The summed E-state index contributed by atoms with van der Waals surface area (Å²) in [6.45, 7) is 4.55. The molecule has 4 N–H and O–H groups in total. The molecule has 1 saturated carbocycles. The number of rotatable bonds is 6. The number of hydrogen-bond acceptors (Lipinski definition) is 4. The molecule has 0 aromatic carbocycles. The lowest BCUT2D eigenvalue weighted by Gasteiger charge is -2.24. The molecule has 1 aliphatic rings. The Morgan fingerprint density at radius 1 is 1.44 bits per heavy atom. The Hall–Kier alpha value is -1.79. The summed E-state index contributed by atoms with van der Waals surface area (Å²) in [6.07, 6.45) is 1.13. The molecule has 1 aliphatic carbocycles. The normalized spacial score (nSPS) is 17.1. The Kier molecular flexibility index (Phi) is 4.52. The summed E-state index contributed by atoms with van der Waals surface area (Å²) >= 11 is 0. The van der Waals surface area contributed by atoms with Crippen molar-refractivity contribution in [1.29, 1.82) is 0 Å². The minimum absolute atomic E-state index is 0.00360. The number of oxime groups is 1. The molecule has 0 aliphatic heterocycles. The molecule has 0 radical (unpaired) electrons. The second kappa shape index (κ2) is 5.70. The van der Waals surface area contributed by atoms with Gasteiger partial charge in [-0.25, -0.2) is 0 Å². The van der Waals surface area contributed by atoms with Crippen molar-refractivity contribution < 1.29 is 14.8 Å². The van der Waals surface area contributed by atoms with E-state index < -0.39 is 5.41 Å². The highest BCUT2D eigenvalue weighted by atomic mass is 16.4. The number of nitrogens with two attached hydrogens (primary N) is 1. The highest BCUT2D eigenvalue weighted by Gasteiger charge is 2.55. The standard InChI is InChI=1S/C11H20N4O3/c1-3-13-8(16)7-15(4-2)10(17)11(5-6-11)9(12)14-18/h18H,3-7H2,1-2H3,(H2,12,14)(H,13,16). The number of likely N-dealkylation sites (N-methyl/N-ethyl adjacent to an activating group) is 2. The number of amidine groups is 1. The maximum Gasteiger partial charge on any atom is 0.239 e. The lowest BCUT2D eigenvalue weighted by Crippen LogP contribution is -2.47. The van der Waals surface area contributed by atoms with E-state index in [1.807, 2.05) is 6.92 Å². The highest BCUT2D eigenvalue weighted by molar-refractivity contribution is 6.10. The van der Waals surface area contributed by atoms with Crippen LogP contribution in [0.3, 0.4) is 0 Å². The van der Waals surface area contributed by atoms with Gasteiger partial charge in [-0.3, -0.25) is 9.59 Å². The van der Waals surface area contributed by atoms with Crippen LogP contribution in [0.15, 0.2) is 5.16 Å². The Morgan fingerprint density at radius 2 is 2.06 bits per heavy atom. The van der Waals surface area contributed by atoms with Crippen molar-refractivity contribution in [1.82, 2.24) is 10.2 Å². The summed E-state index contributed by atoms with van der Waals surface area (Å²) in [7, 11) is 0. The van der Waals surface area contributed by atoms with Crippen LogP contribution in [0.2, 0.25) is 0 Å². The fraction of sp³-hybridized carbons (Fsp3) is 0.727. The van der Waals surface area contributed by atoms with Crippen LogP contribution in [0.25, 0.3) is 0 Å². The average molecular weight is 256 g/mol. The first-order chi connectivity index (χ1) is 8.51. The summed E-state index contributed by atoms with van der Waals surface area (Å²) < 4.78 is 0. The number of carbonyl (C=O) groups excluding carboxylic acids is 2. The van der Waals surface area contributed by atoms with Gasteiger partial charge in [-0.05, 0) is 26.7 Å². The van der Waals surface area contributed by atoms with Gasteiger partial charge < -0.3 is 21.2 Å². The van der Waals surface area contributed by atoms with E-state index in [1.54, 1.807) is 6.92 Å². The van der Waals surface area contributed by atoms with E-state index in [9.17, 15) is 9.59 Å². The van der Waals surface area contributed by atoms with Crippen LogP contribution in [0.1, 0.15) is 26.7 Å². The van der Waals surface area contributed by atoms with E-state index in [0.29, 0.717) is 25.9 Å².